The highest BCUT2D eigenvalue weighted by molar-refractivity contribution is 6.00. The largest absolute Gasteiger partial charge is 0.497 e. The van der Waals surface area contributed by atoms with E-state index < -0.39 is 17.6 Å². The Kier molecular flexibility index (Phi) is 4.03. The molecule has 0 aliphatic carbocycles. The van der Waals surface area contributed by atoms with Gasteiger partial charge in [0, 0.05) is 12.5 Å². The zero-order valence-electron chi connectivity index (χ0n) is 8.87. The Morgan fingerprint density at radius 3 is 2.88 bits per heavy atom. The van der Waals surface area contributed by atoms with Crippen molar-refractivity contribution >= 4 is 5.78 Å². The second-order valence-corrected chi connectivity index (χ2v) is 3.22. The molecule has 1 rings (SSSR count). The minimum atomic E-state index is -0.868. The summed E-state index contributed by atoms with van der Waals surface area (Å²) in [6.07, 6.45) is 5.12. The van der Waals surface area contributed by atoms with Gasteiger partial charge in [-0.3, -0.25) is 4.79 Å². The third-order valence-electron chi connectivity index (χ3n) is 2.12. The van der Waals surface area contributed by atoms with Crippen LogP contribution >= 0.6 is 0 Å². The van der Waals surface area contributed by atoms with Gasteiger partial charge < -0.3 is 10.5 Å². The van der Waals surface area contributed by atoms with Crippen molar-refractivity contribution in [1.29, 1.82) is 0 Å². The number of benzene rings is 1. The maximum absolute atomic E-state index is 13.5. The van der Waals surface area contributed by atoms with E-state index in [0.717, 1.165) is 6.07 Å². The number of carbonyl (C=O) groups excluding carboxylic acids is 1. The molecule has 0 amide bonds. The van der Waals surface area contributed by atoms with E-state index in [4.69, 9.17) is 16.9 Å². The van der Waals surface area contributed by atoms with Gasteiger partial charge in [0.15, 0.2) is 5.78 Å². The lowest BCUT2D eigenvalue weighted by atomic mass is 10.0. The Balaban J connectivity index is 2.97. The number of methoxy groups -OCH3 is 1. The molecule has 0 saturated carbocycles. The fourth-order valence-electron chi connectivity index (χ4n) is 1.24. The summed E-state index contributed by atoms with van der Waals surface area (Å²) in [5, 5.41) is 0. The van der Waals surface area contributed by atoms with Crippen LogP contribution in [0.1, 0.15) is 16.8 Å². The fourth-order valence-corrected chi connectivity index (χ4v) is 1.24. The number of terminal acetylenes is 1. The molecule has 16 heavy (non-hydrogen) atoms. The molecule has 0 heterocycles. The maximum atomic E-state index is 13.5. The summed E-state index contributed by atoms with van der Waals surface area (Å²) >= 11 is 0. The van der Waals surface area contributed by atoms with E-state index in [9.17, 15) is 9.18 Å². The van der Waals surface area contributed by atoms with Crippen LogP contribution in [-0.2, 0) is 0 Å². The van der Waals surface area contributed by atoms with Crippen LogP contribution < -0.4 is 10.5 Å². The molecule has 0 spiro atoms. The van der Waals surface area contributed by atoms with E-state index in [2.05, 4.69) is 5.92 Å². The van der Waals surface area contributed by atoms with Crippen LogP contribution in [0.2, 0.25) is 0 Å². The van der Waals surface area contributed by atoms with Crippen LogP contribution in [0.25, 0.3) is 0 Å². The SMILES string of the molecule is C#CCC(N)C(=O)c1ccc(OC)cc1F. The molecule has 0 bridgehead atoms. The third kappa shape index (κ3) is 2.59. The van der Waals surface area contributed by atoms with Gasteiger partial charge in [0.1, 0.15) is 11.6 Å². The average Bonchev–Trinajstić information content (AvgIpc) is 2.28. The summed E-state index contributed by atoms with van der Waals surface area (Å²) in [4.78, 5) is 11.7. The van der Waals surface area contributed by atoms with Crippen LogP contribution in [0.3, 0.4) is 0 Å². The monoisotopic (exact) mass is 221 g/mol. The Morgan fingerprint density at radius 2 is 2.38 bits per heavy atom. The minimum absolute atomic E-state index is 0.0662. The molecule has 0 aromatic heterocycles. The Hall–Kier alpha value is -1.86. The number of carbonyl (C=O) groups is 1. The molecule has 4 heteroatoms. The number of hydrogen-bond donors (Lipinski definition) is 1. The van der Waals surface area contributed by atoms with Crippen molar-refractivity contribution < 1.29 is 13.9 Å². The van der Waals surface area contributed by atoms with Gasteiger partial charge >= 0.3 is 0 Å². The van der Waals surface area contributed by atoms with Gasteiger partial charge in [0.05, 0.1) is 18.7 Å². The topological polar surface area (TPSA) is 52.3 Å². The predicted molar refractivity (Wildman–Crippen MR) is 58.7 cm³/mol. The lowest BCUT2D eigenvalue weighted by Crippen LogP contribution is -2.30. The average molecular weight is 221 g/mol. The summed E-state index contributed by atoms with van der Waals surface area (Å²) in [7, 11) is 1.42. The Labute approximate surface area is 93.4 Å². The van der Waals surface area contributed by atoms with Crippen molar-refractivity contribution in [2.45, 2.75) is 12.5 Å². The number of rotatable bonds is 4. The molecule has 0 aliphatic rings. The number of hydrogen-bond acceptors (Lipinski definition) is 3. The zero-order chi connectivity index (χ0) is 12.1. The van der Waals surface area contributed by atoms with Crippen molar-refractivity contribution in [3.8, 4) is 18.1 Å². The highest BCUT2D eigenvalue weighted by Crippen LogP contribution is 2.17. The Morgan fingerprint density at radius 1 is 1.69 bits per heavy atom. The van der Waals surface area contributed by atoms with Crippen LogP contribution in [0.4, 0.5) is 4.39 Å². The highest BCUT2D eigenvalue weighted by atomic mass is 19.1. The summed E-state index contributed by atoms with van der Waals surface area (Å²) in [5.74, 6) is 1.46. The van der Waals surface area contributed by atoms with Crippen LogP contribution in [0.15, 0.2) is 18.2 Å². The first kappa shape index (κ1) is 12.2. The van der Waals surface area contributed by atoms with Gasteiger partial charge in [-0.15, -0.1) is 12.3 Å². The van der Waals surface area contributed by atoms with Crippen molar-refractivity contribution in [3.63, 3.8) is 0 Å². The number of nitrogens with two attached hydrogens (primary N) is 1. The van der Waals surface area contributed by atoms with Gasteiger partial charge in [-0.1, -0.05) is 0 Å². The van der Waals surface area contributed by atoms with E-state index in [1.165, 1.54) is 19.2 Å². The van der Waals surface area contributed by atoms with E-state index in [0.29, 0.717) is 5.75 Å². The molecule has 0 fully saturated rings. The van der Waals surface area contributed by atoms with Crippen LogP contribution in [0.5, 0.6) is 5.75 Å². The second-order valence-electron chi connectivity index (χ2n) is 3.22. The molecule has 1 atom stereocenters. The van der Waals surface area contributed by atoms with Gasteiger partial charge in [-0.05, 0) is 12.1 Å². The molecule has 0 radical (unpaired) electrons. The molecule has 2 N–H and O–H groups in total. The molecule has 84 valence electrons. The van der Waals surface area contributed by atoms with Gasteiger partial charge in [-0.2, -0.15) is 0 Å². The normalized spacial score (nSPS) is 11.6. The van der Waals surface area contributed by atoms with Gasteiger partial charge in [0.25, 0.3) is 0 Å². The number of Topliss-reactive ketones (excluding diaryl/α,β-unsaturated/α-hetero) is 1. The molecule has 0 aliphatic heterocycles. The molecule has 1 aromatic carbocycles. The number of ether oxygens (including phenoxy) is 1. The standard InChI is InChI=1S/C12H12FNO2/c1-3-4-11(14)12(15)9-6-5-8(16-2)7-10(9)13/h1,5-7,11H,4,14H2,2H3. The first-order valence-electron chi connectivity index (χ1n) is 4.67. The van der Waals surface area contributed by atoms with Gasteiger partial charge in [-0.25, -0.2) is 4.39 Å². The second kappa shape index (κ2) is 5.29. The molecular weight excluding hydrogens is 209 g/mol. The highest BCUT2D eigenvalue weighted by Gasteiger charge is 2.18. The maximum Gasteiger partial charge on any atom is 0.183 e. The van der Waals surface area contributed by atoms with Crippen molar-refractivity contribution in [2.24, 2.45) is 5.73 Å². The molecule has 0 saturated heterocycles. The fraction of sp³-hybridized carbons (Fsp3) is 0.250. The first-order valence-corrected chi connectivity index (χ1v) is 4.67. The molecule has 3 nitrogen and oxygen atoms in total. The zero-order valence-corrected chi connectivity index (χ0v) is 8.87. The van der Waals surface area contributed by atoms with E-state index in [1.54, 1.807) is 0 Å². The first-order chi connectivity index (χ1) is 7.60. The van der Waals surface area contributed by atoms with Crippen molar-refractivity contribution in [3.05, 3.63) is 29.6 Å². The minimum Gasteiger partial charge on any atom is -0.497 e. The van der Waals surface area contributed by atoms with E-state index >= 15 is 0 Å². The summed E-state index contributed by atoms with van der Waals surface area (Å²) in [5.41, 5.74) is 5.44. The smallest absolute Gasteiger partial charge is 0.183 e. The van der Waals surface area contributed by atoms with Crippen molar-refractivity contribution in [2.75, 3.05) is 7.11 Å². The quantitative estimate of drug-likeness (QED) is 0.617. The lowest BCUT2D eigenvalue weighted by molar-refractivity contribution is 0.0959. The third-order valence-corrected chi connectivity index (χ3v) is 2.12. The van der Waals surface area contributed by atoms with E-state index in [1.807, 2.05) is 0 Å². The summed E-state index contributed by atoms with van der Waals surface area (Å²) in [6, 6.07) is 3.11. The predicted octanol–water partition coefficient (Wildman–Crippen LogP) is 1.37. The molecular formula is C12H12FNO2. The van der Waals surface area contributed by atoms with E-state index in [-0.39, 0.29) is 12.0 Å². The Bertz CT molecular complexity index is 437. The summed E-state index contributed by atoms with van der Waals surface area (Å²) < 4.78 is 18.3. The molecule has 1 unspecified atom stereocenters. The lowest BCUT2D eigenvalue weighted by Gasteiger charge is -2.08. The number of ketones is 1. The summed E-state index contributed by atoms with van der Waals surface area (Å²) in [6.45, 7) is 0. The van der Waals surface area contributed by atoms with Crippen LogP contribution in [0, 0.1) is 18.2 Å². The van der Waals surface area contributed by atoms with Crippen LogP contribution in [-0.4, -0.2) is 18.9 Å². The molecule has 1 aromatic rings. The number of halogens is 1. The van der Waals surface area contributed by atoms with Crippen molar-refractivity contribution in [1.82, 2.24) is 0 Å². The van der Waals surface area contributed by atoms with Gasteiger partial charge in [0.2, 0.25) is 0 Å².